The second-order valence-corrected chi connectivity index (χ2v) is 14.5. The maximum atomic E-state index is 14.7. The first-order valence-corrected chi connectivity index (χ1v) is 15.9. The van der Waals surface area contributed by atoms with E-state index in [-0.39, 0.29) is 34.3 Å². The Morgan fingerprint density at radius 2 is 1.22 bits per heavy atom. The molecule has 0 radical (unpaired) electrons. The molecule has 0 heterocycles. The molecule has 198 valence electrons. The molecule has 37 heavy (non-hydrogen) atoms. The maximum absolute atomic E-state index is 14.7. The summed E-state index contributed by atoms with van der Waals surface area (Å²) in [6.07, 6.45) is 1.72. The molecular weight excluding hydrogens is 498 g/mol. The van der Waals surface area contributed by atoms with E-state index < -0.39 is 19.8 Å². The molecule has 6 heteroatoms. The maximum Gasteiger partial charge on any atom is 0.290 e. The first-order chi connectivity index (χ1) is 17.4. The molecule has 0 aliphatic rings. The van der Waals surface area contributed by atoms with Gasteiger partial charge in [0.1, 0.15) is 0 Å². The summed E-state index contributed by atoms with van der Waals surface area (Å²) in [7, 11) is -7.66. The number of sulfonamides is 1. The van der Waals surface area contributed by atoms with E-state index in [1.165, 1.54) is 0 Å². The van der Waals surface area contributed by atoms with Crippen LogP contribution >= 0.6 is 0 Å². The van der Waals surface area contributed by atoms with Gasteiger partial charge < -0.3 is 0 Å². The number of hydrogen-bond acceptors (Lipinski definition) is 3. The minimum absolute atomic E-state index is 0.0157. The molecule has 0 fully saturated rings. The lowest BCUT2D eigenvalue weighted by molar-refractivity contribution is 0.592. The third-order valence-electron chi connectivity index (χ3n) is 6.59. The summed E-state index contributed by atoms with van der Waals surface area (Å²) in [5.74, 6) is -0.160. The quantitative estimate of drug-likeness (QED) is 0.245. The molecule has 2 atom stereocenters. The van der Waals surface area contributed by atoms with Crippen molar-refractivity contribution >= 4 is 19.8 Å². The van der Waals surface area contributed by atoms with Crippen LogP contribution in [0.1, 0.15) is 87.5 Å². The second kappa shape index (κ2) is 11.8. The molecule has 3 aromatic rings. The van der Waals surface area contributed by atoms with E-state index in [0.717, 1.165) is 22.3 Å². The van der Waals surface area contributed by atoms with Gasteiger partial charge in [-0.3, -0.25) is 0 Å². The topological polar surface area (TPSA) is 63.6 Å². The van der Waals surface area contributed by atoms with Crippen molar-refractivity contribution in [2.75, 3.05) is 5.75 Å². The lowest BCUT2D eigenvalue weighted by Gasteiger charge is -2.22. The fourth-order valence-electron chi connectivity index (χ4n) is 4.43. The Kier molecular flexibility index (Phi) is 9.19. The summed E-state index contributed by atoms with van der Waals surface area (Å²) >= 11 is 0. The van der Waals surface area contributed by atoms with Crippen molar-refractivity contribution in [2.24, 2.45) is 3.77 Å². The predicted octanol–water partition coefficient (Wildman–Crippen LogP) is 8.24. The van der Waals surface area contributed by atoms with Crippen LogP contribution in [0.2, 0.25) is 0 Å². The first kappa shape index (κ1) is 28.9. The van der Waals surface area contributed by atoms with Crippen LogP contribution in [0, 0.1) is 0 Å². The van der Waals surface area contributed by atoms with E-state index in [0.29, 0.717) is 4.90 Å². The lowest BCUT2D eigenvalue weighted by Crippen LogP contribution is -2.18. The fraction of sp³-hybridized carbons (Fsp3) is 0.355. The van der Waals surface area contributed by atoms with Crippen molar-refractivity contribution in [1.82, 2.24) is 0 Å². The minimum Gasteiger partial charge on any atom is -0.244 e. The molecule has 0 aliphatic heterocycles. The number of nitrogens with zero attached hydrogens (tertiary/aromatic N) is 1. The molecule has 4 nitrogen and oxygen atoms in total. The summed E-state index contributed by atoms with van der Waals surface area (Å²) in [6.45, 7) is 16.1. The second-order valence-electron chi connectivity index (χ2n) is 10.4. The van der Waals surface area contributed by atoms with E-state index in [2.05, 4.69) is 24.2 Å². The van der Waals surface area contributed by atoms with Crippen LogP contribution in [-0.4, -0.2) is 18.4 Å². The molecule has 0 aromatic heterocycles. The summed E-state index contributed by atoms with van der Waals surface area (Å²) in [5, 5.41) is 0. The van der Waals surface area contributed by atoms with Crippen LogP contribution in [0.4, 0.5) is 0 Å². The highest BCUT2D eigenvalue weighted by molar-refractivity contribution is 8.03. The van der Waals surface area contributed by atoms with E-state index in [1.54, 1.807) is 30.3 Å². The zero-order valence-electron chi connectivity index (χ0n) is 22.7. The Balaban J connectivity index is 2.33. The molecule has 0 N–H and O–H groups in total. The van der Waals surface area contributed by atoms with Crippen LogP contribution in [0.15, 0.2) is 99.0 Å². The van der Waals surface area contributed by atoms with Crippen LogP contribution < -0.4 is 0 Å². The van der Waals surface area contributed by atoms with Crippen molar-refractivity contribution in [2.45, 2.75) is 75.0 Å². The van der Waals surface area contributed by atoms with Gasteiger partial charge in [0.2, 0.25) is 0 Å². The van der Waals surface area contributed by atoms with E-state index in [9.17, 15) is 12.6 Å². The van der Waals surface area contributed by atoms with Gasteiger partial charge in [-0.25, -0.2) is 4.21 Å². The summed E-state index contributed by atoms with van der Waals surface area (Å²) in [6, 6.07) is 22.3. The molecule has 3 aromatic carbocycles. The van der Waals surface area contributed by atoms with Gasteiger partial charge in [0, 0.05) is 16.6 Å². The monoisotopic (exact) mass is 537 g/mol. The minimum atomic E-state index is -4.28. The van der Waals surface area contributed by atoms with E-state index in [1.807, 2.05) is 76.2 Å². The molecule has 0 saturated heterocycles. The molecule has 0 bridgehead atoms. The Morgan fingerprint density at radius 3 is 1.65 bits per heavy atom. The van der Waals surface area contributed by atoms with Gasteiger partial charge >= 0.3 is 0 Å². The third-order valence-corrected chi connectivity index (χ3v) is 11.1. The average molecular weight is 538 g/mol. The summed E-state index contributed by atoms with van der Waals surface area (Å²) in [5.41, 5.74) is 3.44. The Morgan fingerprint density at radius 1 is 0.730 bits per heavy atom. The Bertz CT molecular complexity index is 1420. The smallest absolute Gasteiger partial charge is 0.244 e. The molecule has 0 amide bonds. The van der Waals surface area contributed by atoms with Gasteiger partial charge in [-0.2, -0.15) is 8.42 Å². The van der Waals surface area contributed by atoms with Crippen molar-refractivity contribution in [3.8, 4) is 0 Å². The Hall–Kier alpha value is -2.70. The van der Waals surface area contributed by atoms with Crippen molar-refractivity contribution in [1.29, 1.82) is 0 Å². The van der Waals surface area contributed by atoms with Crippen LogP contribution in [0.25, 0.3) is 0 Å². The SMILES string of the molecule is C=C[C@H](CS(=O)(=NS(=O)(=O)c1c(C(C)C)cc(C(C)C)cc1C(C)C)c1ccccc1)c1ccccc1. The number of benzene rings is 3. The first-order valence-electron chi connectivity index (χ1n) is 12.8. The van der Waals surface area contributed by atoms with Gasteiger partial charge in [0.05, 0.1) is 14.6 Å². The highest BCUT2D eigenvalue weighted by Crippen LogP contribution is 2.37. The molecule has 0 spiro atoms. The highest BCUT2D eigenvalue weighted by Gasteiger charge is 2.30. The van der Waals surface area contributed by atoms with Gasteiger partial charge in [-0.05, 0) is 52.1 Å². The largest absolute Gasteiger partial charge is 0.290 e. The summed E-state index contributed by atoms with van der Waals surface area (Å²) in [4.78, 5) is 0.595. The summed E-state index contributed by atoms with van der Waals surface area (Å²) < 4.78 is 47.3. The number of rotatable bonds is 10. The zero-order chi connectivity index (χ0) is 27.4. The zero-order valence-corrected chi connectivity index (χ0v) is 24.4. The highest BCUT2D eigenvalue weighted by atomic mass is 32.3. The molecule has 0 saturated carbocycles. The van der Waals surface area contributed by atoms with Gasteiger partial charge in [0.25, 0.3) is 10.0 Å². The molecule has 0 aliphatic carbocycles. The van der Waals surface area contributed by atoms with E-state index >= 15 is 0 Å². The van der Waals surface area contributed by atoms with Crippen molar-refractivity contribution in [3.05, 3.63) is 108 Å². The molecule has 3 rings (SSSR count). The van der Waals surface area contributed by atoms with Crippen molar-refractivity contribution < 1.29 is 12.6 Å². The molecule has 1 unspecified atom stereocenters. The van der Waals surface area contributed by atoms with Gasteiger partial charge in [-0.15, -0.1) is 10.3 Å². The number of allylic oxidation sites excluding steroid dienone is 1. The normalized spacial score (nSPS) is 14.5. The Labute approximate surface area is 224 Å². The fourth-order valence-corrected chi connectivity index (χ4v) is 9.36. The van der Waals surface area contributed by atoms with Gasteiger partial charge in [-0.1, -0.05) is 108 Å². The standard InChI is InChI=1S/C31H39NO3S2/c1-8-25(26-15-11-9-12-16-26)21-36(33,28-17-13-10-14-18-28)32-37(34,35)31-29(23(4)5)19-27(22(2)3)20-30(31)24(6)7/h8-20,22-25H,1,21H2,2-7H3/t25-,36?/m1/s1. The van der Waals surface area contributed by atoms with Gasteiger partial charge in [0.15, 0.2) is 0 Å². The molecular formula is C31H39NO3S2. The third kappa shape index (κ3) is 6.60. The number of hydrogen-bond donors (Lipinski definition) is 0. The van der Waals surface area contributed by atoms with E-state index in [4.69, 9.17) is 0 Å². The predicted molar refractivity (Wildman–Crippen MR) is 155 cm³/mol. The van der Waals surface area contributed by atoms with Crippen molar-refractivity contribution in [3.63, 3.8) is 0 Å². The van der Waals surface area contributed by atoms with Crippen LogP contribution in [-0.2, 0) is 19.8 Å². The van der Waals surface area contributed by atoms with Crippen LogP contribution in [0.5, 0.6) is 0 Å². The lowest BCUT2D eigenvalue weighted by atomic mass is 9.89. The average Bonchev–Trinajstić information content (AvgIpc) is 2.87. The van der Waals surface area contributed by atoms with Crippen LogP contribution in [0.3, 0.4) is 0 Å².